The molecule has 3 fully saturated rings. The van der Waals surface area contributed by atoms with E-state index in [1.807, 2.05) is 0 Å². The minimum absolute atomic E-state index is 0.0298. The van der Waals surface area contributed by atoms with Crippen LogP contribution in [0.4, 0.5) is 18.0 Å². The van der Waals surface area contributed by atoms with Crippen LogP contribution in [0.1, 0.15) is 46.5 Å². The van der Waals surface area contributed by atoms with Gasteiger partial charge in [0.1, 0.15) is 18.7 Å². The van der Waals surface area contributed by atoms with Crippen LogP contribution in [-0.4, -0.2) is 96.7 Å². The van der Waals surface area contributed by atoms with Crippen molar-refractivity contribution in [2.45, 2.75) is 58.2 Å². The lowest BCUT2D eigenvalue weighted by Crippen LogP contribution is -2.55. The molecule has 2 atom stereocenters. The van der Waals surface area contributed by atoms with Crippen LogP contribution < -0.4 is 5.32 Å². The van der Waals surface area contributed by atoms with E-state index in [9.17, 15) is 27.6 Å². The molecule has 0 aromatic rings. The van der Waals surface area contributed by atoms with E-state index < -0.39 is 24.4 Å². The monoisotopic (exact) mass is 476 g/mol. The number of ether oxygens (including phenoxy) is 1. The van der Waals surface area contributed by atoms with Gasteiger partial charge in [0, 0.05) is 39.3 Å². The Kier molecular flexibility index (Phi) is 7.62. The molecule has 2 aliphatic heterocycles. The Morgan fingerprint density at radius 1 is 1.15 bits per heavy atom. The van der Waals surface area contributed by atoms with E-state index in [-0.39, 0.29) is 30.4 Å². The van der Waals surface area contributed by atoms with Crippen molar-refractivity contribution in [1.82, 2.24) is 20.0 Å². The maximum Gasteiger partial charge on any atom is 0.411 e. The number of urea groups is 1. The predicted molar refractivity (Wildman–Crippen MR) is 114 cm³/mol. The van der Waals surface area contributed by atoms with E-state index in [1.54, 1.807) is 4.90 Å². The van der Waals surface area contributed by atoms with Crippen LogP contribution in [-0.2, 0) is 14.3 Å². The van der Waals surface area contributed by atoms with Crippen LogP contribution in [0.2, 0.25) is 0 Å². The molecular weight excluding hydrogens is 441 g/mol. The highest BCUT2D eigenvalue weighted by Gasteiger charge is 2.56. The van der Waals surface area contributed by atoms with Crippen LogP contribution in [0.5, 0.6) is 0 Å². The van der Waals surface area contributed by atoms with Gasteiger partial charge in [-0.25, -0.2) is 4.79 Å². The van der Waals surface area contributed by atoms with Gasteiger partial charge in [-0.1, -0.05) is 20.8 Å². The minimum Gasteiger partial charge on any atom is -0.372 e. The maximum atomic E-state index is 13.2. The van der Waals surface area contributed by atoms with Gasteiger partial charge in [0.25, 0.3) is 5.91 Å². The molecular formula is C22H35F3N4O4. The zero-order chi connectivity index (χ0) is 24.4. The van der Waals surface area contributed by atoms with Crippen LogP contribution >= 0.6 is 0 Å². The summed E-state index contributed by atoms with van der Waals surface area (Å²) in [5, 5.41) is 2.89. The van der Waals surface area contributed by atoms with Crippen molar-refractivity contribution >= 4 is 17.8 Å². The lowest BCUT2D eigenvalue weighted by molar-refractivity contribution is -0.174. The number of halogens is 3. The number of amides is 4. The fourth-order valence-corrected chi connectivity index (χ4v) is 5.68. The van der Waals surface area contributed by atoms with Crippen molar-refractivity contribution < 1.29 is 32.3 Å². The van der Waals surface area contributed by atoms with E-state index in [4.69, 9.17) is 0 Å². The smallest absolute Gasteiger partial charge is 0.372 e. The Labute approximate surface area is 192 Å². The third-order valence-corrected chi connectivity index (χ3v) is 6.67. The number of piperazine rings is 1. The number of carbonyl (C=O) groups excluding carboxylic acids is 3. The first kappa shape index (κ1) is 25.7. The molecule has 0 aromatic heterocycles. The Hall–Kier alpha value is -1.88. The van der Waals surface area contributed by atoms with Crippen LogP contribution in [0, 0.1) is 11.3 Å². The predicted octanol–water partition coefficient (Wildman–Crippen LogP) is 2.24. The molecule has 0 unspecified atom stereocenters. The van der Waals surface area contributed by atoms with Crippen molar-refractivity contribution in [2.24, 2.45) is 11.3 Å². The molecule has 1 saturated carbocycles. The number of nitrogens with one attached hydrogen (secondary N) is 1. The topological polar surface area (TPSA) is 82.2 Å². The fraction of sp³-hybridized carbons (Fsp3) is 0.864. The van der Waals surface area contributed by atoms with Crippen LogP contribution in [0.25, 0.3) is 0 Å². The van der Waals surface area contributed by atoms with Crippen LogP contribution in [0.15, 0.2) is 0 Å². The van der Waals surface area contributed by atoms with E-state index >= 15 is 0 Å². The van der Waals surface area contributed by atoms with E-state index in [1.165, 1.54) is 0 Å². The van der Waals surface area contributed by atoms with Crippen molar-refractivity contribution in [3.63, 3.8) is 0 Å². The summed E-state index contributed by atoms with van der Waals surface area (Å²) >= 11 is 0. The Balaban J connectivity index is 1.45. The summed E-state index contributed by atoms with van der Waals surface area (Å²) in [6, 6.07) is -0.504. The summed E-state index contributed by atoms with van der Waals surface area (Å²) in [4.78, 5) is 43.4. The Morgan fingerprint density at radius 2 is 1.82 bits per heavy atom. The van der Waals surface area contributed by atoms with Crippen LogP contribution in [0.3, 0.4) is 0 Å². The molecule has 8 nitrogen and oxygen atoms in total. The molecule has 1 aliphatic carbocycles. The van der Waals surface area contributed by atoms with Gasteiger partial charge < -0.3 is 15.0 Å². The molecule has 2 saturated heterocycles. The molecule has 11 heteroatoms. The summed E-state index contributed by atoms with van der Waals surface area (Å²) in [7, 11) is 0. The molecule has 3 rings (SSSR count). The van der Waals surface area contributed by atoms with Crippen molar-refractivity contribution in [3.8, 4) is 0 Å². The summed E-state index contributed by atoms with van der Waals surface area (Å²) < 4.78 is 40.9. The average Bonchev–Trinajstić information content (AvgIpc) is 2.89. The molecule has 188 valence electrons. The van der Waals surface area contributed by atoms with E-state index in [2.05, 4.69) is 35.7 Å². The second-order valence-corrected chi connectivity index (χ2v) is 10.5. The lowest BCUT2D eigenvalue weighted by Gasteiger charge is -2.43. The first-order valence-electron chi connectivity index (χ1n) is 11.6. The SMILES string of the molecule is C[C@H]1CC(C)(C)C[C@@]2(C1)NC(=O)N(CC(=O)N1CCN(CCCOCC(F)(F)F)CC1)C2=O. The number of hydrogen-bond acceptors (Lipinski definition) is 5. The molecule has 2 heterocycles. The van der Waals surface area contributed by atoms with E-state index in [0.717, 1.165) is 11.3 Å². The third kappa shape index (κ3) is 6.59. The summed E-state index contributed by atoms with van der Waals surface area (Å²) in [5.41, 5.74) is -1.000. The number of rotatable bonds is 7. The Bertz CT molecular complexity index is 752. The molecule has 4 amide bonds. The highest BCUT2D eigenvalue weighted by molar-refractivity contribution is 6.09. The first-order valence-corrected chi connectivity index (χ1v) is 11.6. The minimum atomic E-state index is -4.31. The van der Waals surface area contributed by atoms with Crippen molar-refractivity contribution in [2.75, 3.05) is 52.5 Å². The molecule has 0 bridgehead atoms. The largest absolute Gasteiger partial charge is 0.411 e. The first-order chi connectivity index (χ1) is 15.3. The molecule has 1 N–H and O–H groups in total. The molecule has 3 aliphatic rings. The fourth-order valence-electron chi connectivity index (χ4n) is 5.68. The molecule has 0 aromatic carbocycles. The summed E-state index contributed by atoms with van der Waals surface area (Å²) in [6.45, 7) is 7.44. The quantitative estimate of drug-likeness (QED) is 0.450. The van der Waals surface area contributed by atoms with Gasteiger partial charge in [0.15, 0.2) is 0 Å². The number of alkyl halides is 3. The third-order valence-electron chi connectivity index (χ3n) is 6.67. The van der Waals surface area contributed by atoms with Crippen molar-refractivity contribution in [3.05, 3.63) is 0 Å². The van der Waals surface area contributed by atoms with E-state index in [0.29, 0.717) is 57.9 Å². The molecule has 33 heavy (non-hydrogen) atoms. The van der Waals surface area contributed by atoms with Gasteiger partial charge in [-0.3, -0.25) is 19.4 Å². The molecule has 0 radical (unpaired) electrons. The van der Waals surface area contributed by atoms with Gasteiger partial charge in [-0.2, -0.15) is 13.2 Å². The zero-order valence-electron chi connectivity index (χ0n) is 19.7. The summed E-state index contributed by atoms with van der Waals surface area (Å²) in [6.07, 6.45) is -1.72. The standard InChI is InChI=1S/C22H35F3N4O4/c1-16-11-20(2,3)14-21(12-16)18(31)29(19(32)26-21)13-17(30)28-8-6-27(7-9-28)5-4-10-33-15-22(23,24)25/h16H,4-15H2,1-3H3,(H,26,32)/t16-,21+/m0/s1. The van der Waals surface area contributed by atoms with Gasteiger partial charge >= 0.3 is 12.2 Å². The maximum absolute atomic E-state index is 13.2. The summed E-state index contributed by atoms with van der Waals surface area (Å²) in [5.74, 6) is -0.287. The lowest BCUT2D eigenvalue weighted by atomic mass is 9.64. The molecule has 1 spiro atoms. The number of hydrogen-bond donors (Lipinski definition) is 1. The highest BCUT2D eigenvalue weighted by Crippen LogP contribution is 2.46. The second-order valence-electron chi connectivity index (χ2n) is 10.5. The Morgan fingerprint density at radius 3 is 2.42 bits per heavy atom. The zero-order valence-corrected chi connectivity index (χ0v) is 19.7. The number of carbonyl (C=O) groups is 3. The average molecular weight is 477 g/mol. The van der Waals surface area contributed by atoms with Gasteiger partial charge in [0.05, 0.1) is 0 Å². The highest BCUT2D eigenvalue weighted by atomic mass is 19.4. The number of imide groups is 1. The second kappa shape index (κ2) is 9.77. The number of nitrogens with zero attached hydrogens (tertiary/aromatic N) is 3. The van der Waals surface area contributed by atoms with Gasteiger partial charge in [-0.15, -0.1) is 0 Å². The van der Waals surface area contributed by atoms with Gasteiger partial charge in [0.2, 0.25) is 5.91 Å². The van der Waals surface area contributed by atoms with Crippen molar-refractivity contribution in [1.29, 1.82) is 0 Å². The van der Waals surface area contributed by atoms with Gasteiger partial charge in [-0.05, 0) is 37.0 Å². The normalized spacial score (nSPS) is 28.5.